The summed E-state index contributed by atoms with van der Waals surface area (Å²) < 4.78 is 11.4. The summed E-state index contributed by atoms with van der Waals surface area (Å²) in [7, 11) is 0. The molecule has 2 rings (SSSR count). The zero-order valence-corrected chi connectivity index (χ0v) is 14.8. The van der Waals surface area contributed by atoms with Crippen LogP contribution in [0.5, 0.6) is 0 Å². The predicted octanol–water partition coefficient (Wildman–Crippen LogP) is 2.93. The average molecular weight is 312 g/mol. The normalized spacial score (nSPS) is 25.7. The lowest BCUT2D eigenvalue weighted by molar-refractivity contribution is -0.0962. The van der Waals surface area contributed by atoms with E-state index in [1.54, 1.807) is 4.90 Å². The Bertz CT molecular complexity index is 382. The summed E-state index contributed by atoms with van der Waals surface area (Å²) in [5.74, 6) is 0. The monoisotopic (exact) mass is 312 g/mol. The van der Waals surface area contributed by atoms with Gasteiger partial charge in [-0.15, -0.1) is 0 Å². The molecule has 5 nitrogen and oxygen atoms in total. The third kappa shape index (κ3) is 4.35. The number of nitrogens with one attached hydrogen (secondary N) is 1. The van der Waals surface area contributed by atoms with E-state index in [0.717, 1.165) is 45.4 Å². The topological polar surface area (TPSA) is 50.8 Å². The largest absolute Gasteiger partial charge is 0.444 e. The molecular formula is C17H32N2O3. The molecule has 5 heteroatoms. The molecule has 1 N–H and O–H groups in total. The van der Waals surface area contributed by atoms with Crippen LogP contribution in [-0.2, 0) is 9.47 Å². The fourth-order valence-corrected chi connectivity index (χ4v) is 3.31. The molecule has 2 aliphatic heterocycles. The zero-order chi connectivity index (χ0) is 16.4. The molecule has 0 saturated carbocycles. The summed E-state index contributed by atoms with van der Waals surface area (Å²) >= 11 is 0. The van der Waals surface area contributed by atoms with Crippen LogP contribution in [0.4, 0.5) is 4.79 Å². The second kappa shape index (κ2) is 6.75. The SMILES string of the molecule is CCC1(CC)CC(NC2CN(C(=O)OC(C)(C)C)C2)CCO1. The number of hydrogen-bond donors (Lipinski definition) is 1. The molecule has 128 valence electrons. The van der Waals surface area contributed by atoms with Crippen molar-refractivity contribution < 1.29 is 14.3 Å². The lowest BCUT2D eigenvalue weighted by Crippen LogP contribution is -2.63. The summed E-state index contributed by atoms with van der Waals surface area (Å²) in [4.78, 5) is 13.7. The van der Waals surface area contributed by atoms with Crippen molar-refractivity contribution in [2.75, 3.05) is 19.7 Å². The highest BCUT2D eigenvalue weighted by Crippen LogP contribution is 2.32. The molecule has 0 spiro atoms. The molecule has 0 aromatic rings. The highest BCUT2D eigenvalue weighted by Gasteiger charge is 2.38. The summed E-state index contributed by atoms with van der Waals surface area (Å²) in [5, 5.41) is 3.70. The predicted molar refractivity (Wildman–Crippen MR) is 87.0 cm³/mol. The lowest BCUT2D eigenvalue weighted by Gasteiger charge is -2.45. The first-order chi connectivity index (χ1) is 10.3. The first-order valence-corrected chi connectivity index (χ1v) is 8.65. The van der Waals surface area contributed by atoms with E-state index >= 15 is 0 Å². The van der Waals surface area contributed by atoms with Crippen LogP contribution >= 0.6 is 0 Å². The van der Waals surface area contributed by atoms with Gasteiger partial charge < -0.3 is 19.7 Å². The molecule has 1 amide bonds. The fraction of sp³-hybridized carbons (Fsp3) is 0.941. The molecule has 1 unspecified atom stereocenters. The first kappa shape index (κ1) is 17.5. The second-order valence-electron chi connectivity index (χ2n) is 7.68. The van der Waals surface area contributed by atoms with Crippen molar-refractivity contribution in [1.29, 1.82) is 0 Å². The number of carbonyl (C=O) groups excluding carboxylic acids is 1. The number of likely N-dealkylation sites (tertiary alicyclic amines) is 1. The van der Waals surface area contributed by atoms with E-state index in [2.05, 4.69) is 19.2 Å². The number of nitrogens with zero attached hydrogens (tertiary/aromatic N) is 1. The maximum Gasteiger partial charge on any atom is 0.410 e. The highest BCUT2D eigenvalue weighted by atomic mass is 16.6. The van der Waals surface area contributed by atoms with Gasteiger partial charge in [-0.2, -0.15) is 0 Å². The molecule has 2 saturated heterocycles. The first-order valence-electron chi connectivity index (χ1n) is 8.65. The maximum absolute atomic E-state index is 11.9. The minimum atomic E-state index is -0.418. The van der Waals surface area contributed by atoms with Crippen molar-refractivity contribution in [3.8, 4) is 0 Å². The Morgan fingerprint density at radius 1 is 1.27 bits per heavy atom. The second-order valence-corrected chi connectivity index (χ2v) is 7.68. The van der Waals surface area contributed by atoms with E-state index in [1.165, 1.54) is 0 Å². The molecule has 2 fully saturated rings. The van der Waals surface area contributed by atoms with Crippen LogP contribution in [0.1, 0.15) is 60.3 Å². The molecule has 0 bridgehead atoms. The minimum Gasteiger partial charge on any atom is -0.444 e. The number of hydrogen-bond acceptors (Lipinski definition) is 4. The van der Waals surface area contributed by atoms with Crippen LogP contribution < -0.4 is 5.32 Å². The van der Waals surface area contributed by atoms with Gasteiger partial charge in [0.1, 0.15) is 5.60 Å². The highest BCUT2D eigenvalue weighted by molar-refractivity contribution is 5.69. The van der Waals surface area contributed by atoms with Crippen LogP contribution in [-0.4, -0.2) is 54.0 Å². The van der Waals surface area contributed by atoms with Crippen LogP contribution in [0.3, 0.4) is 0 Å². The number of carbonyl (C=O) groups is 1. The van der Waals surface area contributed by atoms with Crippen molar-refractivity contribution >= 4 is 6.09 Å². The van der Waals surface area contributed by atoms with Crippen LogP contribution in [0.25, 0.3) is 0 Å². The van der Waals surface area contributed by atoms with Gasteiger partial charge in [0.25, 0.3) is 0 Å². The molecule has 22 heavy (non-hydrogen) atoms. The van der Waals surface area contributed by atoms with Crippen LogP contribution in [0.15, 0.2) is 0 Å². The zero-order valence-electron chi connectivity index (χ0n) is 14.8. The van der Waals surface area contributed by atoms with E-state index in [1.807, 2.05) is 20.8 Å². The van der Waals surface area contributed by atoms with Crippen LogP contribution in [0, 0.1) is 0 Å². The van der Waals surface area contributed by atoms with Crippen molar-refractivity contribution in [2.45, 2.75) is 83.6 Å². The standard InChI is InChI=1S/C17H32N2O3/c1-6-17(7-2)10-13(8-9-21-17)18-14-11-19(12-14)15(20)22-16(3,4)5/h13-14,18H,6-12H2,1-5H3. The summed E-state index contributed by atoms with van der Waals surface area (Å²) in [6.07, 6.45) is 4.06. The van der Waals surface area contributed by atoms with Crippen molar-refractivity contribution in [3.63, 3.8) is 0 Å². The number of ether oxygens (including phenoxy) is 2. The molecule has 2 aliphatic rings. The van der Waals surface area contributed by atoms with E-state index in [-0.39, 0.29) is 11.7 Å². The summed E-state index contributed by atoms with van der Waals surface area (Å²) in [6.45, 7) is 12.4. The van der Waals surface area contributed by atoms with Crippen molar-refractivity contribution in [1.82, 2.24) is 10.2 Å². The van der Waals surface area contributed by atoms with Gasteiger partial charge in [-0.05, 0) is 46.5 Å². The van der Waals surface area contributed by atoms with E-state index in [9.17, 15) is 4.79 Å². The number of amides is 1. The molecular weight excluding hydrogens is 280 g/mol. The van der Waals surface area contributed by atoms with Gasteiger partial charge in [0.15, 0.2) is 0 Å². The van der Waals surface area contributed by atoms with Gasteiger partial charge in [0.05, 0.1) is 5.60 Å². The molecule has 0 radical (unpaired) electrons. The maximum atomic E-state index is 11.9. The van der Waals surface area contributed by atoms with Crippen molar-refractivity contribution in [2.24, 2.45) is 0 Å². The quantitative estimate of drug-likeness (QED) is 0.867. The molecule has 0 aromatic carbocycles. The Balaban J connectivity index is 1.74. The third-order valence-corrected chi connectivity index (χ3v) is 4.79. The van der Waals surface area contributed by atoms with Gasteiger partial charge in [0, 0.05) is 31.8 Å². The molecule has 0 aromatic heterocycles. The summed E-state index contributed by atoms with van der Waals surface area (Å²) in [5.41, 5.74) is -0.372. The Labute approximate surface area is 134 Å². The van der Waals surface area contributed by atoms with Gasteiger partial charge in [-0.25, -0.2) is 4.79 Å². The smallest absolute Gasteiger partial charge is 0.410 e. The van der Waals surface area contributed by atoms with Crippen LogP contribution in [0.2, 0.25) is 0 Å². The molecule has 1 atom stereocenters. The van der Waals surface area contributed by atoms with Gasteiger partial charge in [-0.1, -0.05) is 13.8 Å². The Hall–Kier alpha value is -0.810. The summed E-state index contributed by atoms with van der Waals surface area (Å²) in [6, 6.07) is 0.890. The van der Waals surface area contributed by atoms with E-state index in [0.29, 0.717) is 12.1 Å². The van der Waals surface area contributed by atoms with E-state index < -0.39 is 5.60 Å². The average Bonchev–Trinajstić information content (AvgIpc) is 2.40. The van der Waals surface area contributed by atoms with Gasteiger partial charge in [0.2, 0.25) is 0 Å². The fourth-order valence-electron chi connectivity index (χ4n) is 3.31. The number of rotatable bonds is 4. The Kier molecular flexibility index (Phi) is 5.38. The minimum absolute atomic E-state index is 0.0461. The third-order valence-electron chi connectivity index (χ3n) is 4.79. The van der Waals surface area contributed by atoms with Gasteiger partial charge >= 0.3 is 6.09 Å². The van der Waals surface area contributed by atoms with Crippen molar-refractivity contribution in [3.05, 3.63) is 0 Å². The van der Waals surface area contributed by atoms with E-state index in [4.69, 9.17) is 9.47 Å². The lowest BCUT2D eigenvalue weighted by atomic mass is 9.85. The van der Waals surface area contributed by atoms with Gasteiger partial charge in [-0.3, -0.25) is 0 Å². The Morgan fingerprint density at radius 2 is 1.91 bits per heavy atom. The Morgan fingerprint density at radius 3 is 2.45 bits per heavy atom. The molecule has 0 aliphatic carbocycles. The molecule has 2 heterocycles.